The highest BCUT2D eigenvalue weighted by Gasteiger charge is 2.41. The molecule has 140 valence electrons. The summed E-state index contributed by atoms with van der Waals surface area (Å²) in [5.74, 6) is -1.60. The van der Waals surface area contributed by atoms with Crippen LogP contribution < -0.4 is 0 Å². The number of carbonyl (C=O) groups is 2. The van der Waals surface area contributed by atoms with Crippen LogP contribution in [0.4, 0.5) is 5.69 Å². The van der Waals surface area contributed by atoms with E-state index in [1.807, 2.05) is 25.1 Å². The summed E-state index contributed by atoms with van der Waals surface area (Å²) in [4.78, 5) is 34.8. The second-order valence-corrected chi connectivity index (χ2v) is 7.16. The molecule has 1 heterocycles. The second-order valence-electron chi connectivity index (χ2n) is 6.24. The predicted octanol–water partition coefficient (Wildman–Crippen LogP) is 4.22. The van der Waals surface area contributed by atoms with E-state index >= 15 is 0 Å². The smallest absolute Gasteiger partial charge is 0.338 e. The van der Waals surface area contributed by atoms with Gasteiger partial charge in [0.25, 0.3) is 5.69 Å². The molecule has 0 saturated carbocycles. The molecule has 0 unspecified atom stereocenters. The van der Waals surface area contributed by atoms with E-state index in [-0.39, 0.29) is 17.7 Å². The summed E-state index contributed by atoms with van der Waals surface area (Å²) in [5.41, 5.74) is 1.89. The van der Waals surface area contributed by atoms with Crippen molar-refractivity contribution in [3.8, 4) is 0 Å². The molecule has 0 radical (unpaired) electrons. The molecule has 1 aliphatic rings. The molecule has 8 heteroatoms. The standard InChI is InChI=1S/C19H16BrNO6/c1-10-7-12(20)4-6-13(10)18-15(9-17(22)27-18)14-5-3-11(19(23)26-2)8-16(14)21(24)25/h3-8,15,18H,9H2,1-2H3/t15-,18-/m0/s1. The SMILES string of the molecule is COC(=O)c1ccc([C@@H]2CC(=O)O[C@H]2c2ccc(Br)cc2C)c([N+](=O)[O-])c1. The van der Waals surface area contributed by atoms with Gasteiger partial charge in [0.15, 0.2) is 0 Å². The van der Waals surface area contributed by atoms with Gasteiger partial charge < -0.3 is 9.47 Å². The van der Waals surface area contributed by atoms with Crippen molar-refractivity contribution in [1.29, 1.82) is 0 Å². The zero-order valence-electron chi connectivity index (χ0n) is 14.6. The molecular weight excluding hydrogens is 418 g/mol. The Bertz CT molecular complexity index is 942. The van der Waals surface area contributed by atoms with Crippen LogP contribution in [0.15, 0.2) is 40.9 Å². The van der Waals surface area contributed by atoms with Crippen LogP contribution in [0.3, 0.4) is 0 Å². The quantitative estimate of drug-likeness (QED) is 0.406. The fourth-order valence-corrected chi connectivity index (χ4v) is 3.81. The number of hydrogen-bond acceptors (Lipinski definition) is 6. The highest BCUT2D eigenvalue weighted by Crippen LogP contribution is 2.46. The molecule has 2 atom stereocenters. The van der Waals surface area contributed by atoms with E-state index in [4.69, 9.17) is 4.74 Å². The number of aryl methyl sites for hydroxylation is 1. The molecule has 27 heavy (non-hydrogen) atoms. The lowest BCUT2D eigenvalue weighted by Gasteiger charge is -2.20. The third-order valence-corrected chi connectivity index (χ3v) is 5.09. The van der Waals surface area contributed by atoms with Crippen LogP contribution in [0.5, 0.6) is 0 Å². The number of hydrogen-bond donors (Lipinski definition) is 0. The van der Waals surface area contributed by atoms with Crippen LogP contribution >= 0.6 is 15.9 Å². The topological polar surface area (TPSA) is 95.7 Å². The Morgan fingerprint density at radius 3 is 2.59 bits per heavy atom. The normalized spacial score (nSPS) is 18.9. The molecule has 2 aromatic rings. The Hall–Kier alpha value is -2.74. The number of nitro groups is 1. The van der Waals surface area contributed by atoms with E-state index in [9.17, 15) is 19.7 Å². The van der Waals surface area contributed by atoms with Gasteiger partial charge in [0.1, 0.15) is 6.10 Å². The van der Waals surface area contributed by atoms with Crippen molar-refractivity contribution in [3.05, 3.63) is 73.2 Å². The fourth-order valence-electron chi connectivity index (χ4n) is 3.33. The van der Waals surface area contributed by atoms with Gasteiger partial charge in [-0.3, -0.25) is 14.9 Å². The average Bonchev–Trinajstić information content (AvgIpc) is 3.01. The molecule has 0 amide bonds. The number of halogens is 1. The van der Waals surface area contributed by atoms with Crippen molar-refractivity contribution in [3.63, 3.8) is 0 Å². The average molecular weight is 434 g/mol. The summed E-state index contributed by atoms with van der Waals surface area (Å²) in [6.45, 7) is 1.89. The largest absolute Gasteiger partial charge is 0.465 e. The van der Waals surface area contributed by atoms with E-state index in [1.165, 1.54) is 25.3 Å². The van der Waals surface area contributed by atoms with Gasteiger partial charge in [0.2, 0.25) is 0 Å². The zero-order valence-corrected chi connectivity index (χ0v) is 16.2. The van der Waals surface area contributed by atoms with E-state index in [1.54, 1.807) is 0 Å². The van der Waals surface area contributed by atoms with Gasteiger partial charge in [-0.05, 0) is 36.2 Å². The lowest BCUT2D eigenvalue weighted by atomic mass is 9.85. The minimum Gasteiger partial charge on any atom is -0.465 e. The number of rotatable bonds is 4. The lowest BCUT2D eigenvalue weighted by molar-refractivity contribution is -0.385. The zero-order chi connectivity index (χ0) is 19.7. The predicted molar refractivity (Wildman–Crippen MR) is 99.5 cm³/mol. The van der Waals surface area contributed by atoms with E-state index in [0.717, 1.165) is 15.6 Å². The number of benzene rings is 2. The van der Waals surface area contributed by atoms with Crippen LogP contribution in [0.1, 0.15) is 45.5 Å². The summed E-state index contributed by atoms with van der Waals surface area (Å²) >= 11 is 3.39. The number of carbonyl (C=O) groups excluding carboxylic acids is 2. The molecule has 2 aromatic carbocycles. The van der Waals surface area contributed by atoms with Gasteiger partial charge in [-0.1, -0.05) is 28.1 Å². The molecule has 0 spiro atoms. The highest BCUT2D eigenvalue weighted by molar-refractivity contribution is 9.10. The van der Waals surface area contributed by atoms with Crippen molar-refractivity contribution in [1.82, 2.24) is 0 Å². The molecule has 1 aliphatic heterocycles. The molecule has 1 saturated heterocycles. The van der Waals surface area contributed by atoms with Crippen LogP contribution in [0.25, 0.3) is 0 Å². The maximum Gasteiger partial charge on any atom is 0.338 e. The van der Waals surface area contributed by atoms with Gasteiger partial charge >= 0.3 is 11.9 Å². The van der Waals surface area contributed by atoms with E-state index in [2.05, 4.69) is 20.7 Å². The molecule has 0 aromatic heterocycles. The van der Waals surface area contributed by atoms with Crippen LogP contribution in [-0.4, -0.2) is 24.0 Å². The van der Waals surface area contributed by atoms with Gasteiger partial charge in [0.05, 0.1) is 24.0 Å². The molecule has 1 fully saturated rings. The first kappa shape index (κ1) is 19.0. The first-order chi connectivity index (χ1) is 12.8. The number of methoxy groups -OCH3 is 1. The molecule has 7 nitrogen and oxygen atoms in total. The minimum atomic E-state index is -0.663. The van der Waals surface area contributed by atoms with Gasteiger partial charge in [-0.25, -0.2) is 4.79 Å². The Morgan fingerprint density at radius 2 is 1.96 bits per heavy atom. The second kappa shape index (κ2) is 7.48. The van der Waals surface area contributed by atoms with Crippen LogP contribution in [0, 0.1) is 17.0 Å². The number of cyclic esters (lactones) is 1. The van der Waals surface area contributed by atoms with Crippen molar-refractivity contribution in [2.75, 3.05) is 7.11 Å². The molecule has 0 bridgehead atoms. The Balaban J connectivity index is 2.09. The minimum absolute atomic E-state index is 0.0264. The summed E-state index contributed by atoms with van der Waals surface area (Å²) < 4.78 is 11.0. The number of nitrogens with zero attached hydrogens (tertiary/aromatic N) is 1. The third kappa shape index (κ3) is 3.71. The Labute approximate surface area is 163 Å². The molecular formula is C19H16BrNO6. The summed E-state index contributed by atoms with van der Waals surface area (Å²) in [5, 5.41) is 11.6. The van der Waals surface area contributed by atoms with Gasteiger partial charge in [-0.2, -0.15) is 0 Å². The van der Waals surface area contributed by atoms with Gasteiger partial charge in [0, 0.05) is 22.0 Å². The van der Waals surface area contributed by atoms with E-state index in [0.29, 0.717) is 5.56 Å². The molecule has 3 rings (SSSR count). The maximum absolute atomic E-state index is 12.0. The maximum atomic E-state index is 12.0. The first-order valence-corrected chi connectivity index (χ1v) is 8.93. The van der Waals surface area contributed by atoms with E-state index < -0.39 is 28.9 Å². The number of ether oxygens (including phenoxy) is 2. The Kier molecular flexibility index (Phi) is 5.27. The first-order valence-electron chi connectivity index (χ1n) is 8.14. The fraction of sp³-hybridized carbons (Fsp3) is 0.263. The lowest BCUT2D eigenvalue weighted by Crippen LogP contribution is -2.11. The molecule has 0 N–H and O–H groups in total. The summed E-state index contributed by atoms with van der Waals surface area (Å²) in [6, 6.07) is 9.70. The van der Waals surface area contributed by atoms with Crippen molar-refractivity contribution >= 4 is 33.6 Å². The van der Waals surface area contributed by atoms with Crippen molar-refractivity contribution in [2.24, 2.45) is 0 Å². The molecule has 0 aliphatic carbocycles. The number of nitro benzene ring substituents is 1. The highest BCUT2D eigenvalue weighted by atomic mass is 79.9. The van der Waals surface area contributed by atoms with Gasteiger partial charge in [-0.15, -0.1) is 0 Å². The monoisotopic (exact) mass is 433 g/mol. The van der Waals surface area contributed by atoms with Crippen LogP contribution in [0.2, 0.25) is 0 Å². The Morgan fingerprint density at radius 1 is 1.26 bits per heavy atom. The summed E-state index contributed by atoms with van der Waals surface area (Å²) in [6.07, 6.45) is -0.605. The van der Waals surface area contributed by atoms with Crippen LogP contribution in [-0.2, 0) is 14.3 Å². The van der Waals surface area contributed by atoms with Crippen molar-refractivity contribution < 1.29 is 24.0 Å². The van der Waals surface area contributed by atoms with Crippen molar-refractivity contribution in [2.45, 2.75) is 25.4 Å². The third-order valence-electron chi connectivity index (χ3n) is 4.60. The number of esters is 2. The summed E-state index contributed by atoms with van der Waals surface area (Å²) in [7, 11) is 1.21.